The van der Waals surface area contributed by atoms with Crippen molar-refractivity contribution in [1.29, 1.82) is 0 Å². The Labute approximate surface area is 160 Å². The number of anilines is 2. The first-order chi connectivity index (χ1) is 12.7. The summed E-state index contributed by atoms with van der Waals surface area (Å²) in [4.78, 5) is 19.8. The molecule has 2 aromatic heterocycles. The van der Waals surface area contributed by atoms with Gasteiger partial charge in [0, 0.05) is 29.2 Å². The Morgan fingerprint density at radius 2 is 2.07 bits per heavy atom. The van der Waals surface area contributed by atoms with Crippen LogP contribution in [0.1, 0.15) is 20.8 Å². The molecule has 9 heteroatoms. The lowest BCUT2D eigenvalue weighted by atomic mass is 10.1. The molecule has 0 saturated heterocycles. The molecular weight excluding hydrogens is 373 g/mol. The average molecular weight is 390 g/mol. The summed E-state index contributed by atoms with van der Waals surface area (Å²) in [6.07, 6.45) is 3.68. The van der Waals surface area contributed by atoms with Crippen molar-refractivity contribution in [3.63, 3.8) is 0 Å². The molecule has 0 aliphatic carbocycles. The number of hydrogen-bond acceptors (Lipinski definition) is 6. The average Bonchev–Trinajstić information content (AvgIpc) is 3.03. The molecule has 3 rings (SSSR count). The van der Waals surface area contributed by atoms with Crippen LogP contribution in [0.2, 0.25) is 5.28 Å². The van der Waals surface area contributed by atoms with Gasteiger partial charge < -0.3 is 10.1 Å². The third-order valence-corrected chi connectivity index (χ3v) is 3.52. The van der Waals surface area contributed by atoms with Gasteiger partial charge in [0.25, 0.3) is 0 Å². The van der Waals surface area contributed by atoms with Gasteiger partial charge in [-0.05, 0) is 56.6 Å². The zero-order chi connectivity index (χ0) is 19.6. The van der Waals surface area contributed by atoms with Gasteiger partial charge in [-0.1, -0.05) is 0 Å². The van der Waals surface area contributed by atoms with Crippen molar-refractivity contribution in [2.75, 3.05) is 5.32 Å². The molecule has 0 unspecified atom stereocenters. The summed E-state index contributed by atoms with van der Waals surface area (Å²) < 4.78 is 20.8. The number of aromatic nitrogens is 4. The van der Waals surface area contributed by atoms with Crippen molar-refractivity contribution in [3.05, 3.63) is 54.0 Å². The van der Waals surface area contributed by atoms with Gasteiger partial charge in [0.05, 0.1) is 6.20 Å². The number of hydrogen-bond donors (Lipinski definition) is 1. The van der Waals surface area contributed by atoms with Crippen molar-refractivity contribution >= 4 is 29.2 Å². The Balaban J connectivity index is 1.79. The van der Waals surface area contributed by atoms with Crippen LogP contribution in [0.4, 0.5) is 20.7 Å². The van der Waals surface area contributed by atoms with E-state index in [4.69, 9.17) is 16.3 Å². The molecule has 0 aliphatic rings. The first-order valence-corrected chi connectivity index (χ1v) is 8.42. The van der Waals surface area contributed by atoms with Crippen LogP contribution in [0.3, 0.4) is 0 Å². The third-order valence-electron chi connectivity index (χ3n) is 3.34. The maximum atomic E-state index is 14.5. The lowest BCUT2D eigenvalue weighted by molar-refractivity contribution is 0.0514. The van der Waals surface area contributed by atoms with Gasteiger partial charge in [-0.15, -0.1) is 0 Å². The molecular formula is C18H17ClFN5O2. The van der Waals surface area contributed by atoms with Gasteiger partial charge in [-0.25, -0.2) is 19.2 Å². The Bertz CT molecular complexity index is 984. The highest BCUT2D eigenvalue weighted by atomic mass is 35.5. The van der Waals surface area contributed by atoms with E-state index in [1.54, 1.807) is 39.0 Å². The van der Waals surface area contributed by atoms with Crippen molar-refractivity contribution in [2.24, 2.45) is 0 Å². The summed E-state index contributed by atoms with van der Waals surface area (Å²) in [5, 5.41) is 6.98. The molecule has 7 nitrogen and oxygen atoms in total. The highest BCUT2D eigenvalue weighted by Crippen LogP contribution is 2.26. The second-order valence-corrected chi connectivity index (χ2v) is 7.02. The number of ether oxygens (including phenoxy) is 1. The van der Waals surface area contributed by atoms with Gasteiger partial charge in [-0.2, -0.15) is 9.78 Å². The molecule has 3 aromatic rings. The van der Waals surface area contributed by atoms with E-state index in [0.717, 1.165) is 4.68 Å². The van der Waals surface area contributed by atoms with E-state index in [-0.39, 0.29) is 5.28 Å². The van der Waals surface area contributed by atoms with Crippen molar-refractivity contribution in [1.82, 2.24) is 19.7 Å². The van der Waals surface area contributed by atoms with Crippen LogP contribution in [0.25, 0.3) is 11.1 Å². The number of carbonyl (C=O) groups excluding carboxylic acids is 1. The maximum Gasteiger partial charge on any atom is 0.435 e. The zero-order valence-electron chi connectivity index (χ0n) is 14.9. The van der Waals surface area contributed by atoms with E-state index in [1.807, 2.05) is 0 Å². The molecule has 1 N–H and O–H groups in total. The second-order valence-electron chi connectivity index (χ2n) is 6.68. The molecule has 0 fully saturated rings. The lowest BCUT2D eigenvalue weighted by Crippen LogP contribution is -2.27. The first kappa shape index (κ1) is 18.8. The Morgan fingerprint density at radius 3 is 2.74 bits per heavy atom. The van der Waals surface area contributed by atoms with Crippen molar-refractivity contribution in [2.45, 2.75) is 26.4 Å². The molecule has 1 aromatic carbocycles. The van der Waals surface area contributed by atoms with E-state index in [2.05, 4.69) is 20.4 Å². The number of rotatable bonds is 3. The van der Waals surface area contributed by atoms with E-state index in [1.165, 1.54) is 24.7 Å². The Kier molecular flexibility index (Phi) is 5.09. The van der Waals surface area contributed by atoms with Crippen LogP contribution in [0, 0.1) is 5.82 Å². The van der Waals surface area contributed by atoms with Gasteiger partial charge >= 0.3 is 6.09 Å². The molecule has 0 aliphatic heterocycles. The summed E-state index contributed by atoms with van der Waals surface area (Å²) in [5.74, 6) is -0.0382. The normalized spacial score (nSPS) is 11.3. The predicted octanol–water partition coefficient (Wildman–Crippen LogP) is 4.66. The number of carbonyl (C=O) groups is 1. The summed E-state index contributed by atoms with van der Waals surface area (Å²) >= 11 is 5.73. The minimum absolute atomic E-state index is 0.0895. The monoisotopic (exact) mass is 389 g/mol. The van der Waals surface area contributed by atoms with E-state index < -0.39 is 17.5 Å². The van der Waals surface area contributed by atoms with Crippen molar-refractivity contribution < 1.29 is 13.9 Å². The van der Waals surface area contributed by atoms with Crippen LogP contribution in [-0.4, -0.2) is 31.4 Å². The number of benzene rings is 1. The zero-order valence-corrected chi connectivity index (χ0v) is 15.7. The molecule has 0 amide bonds. The topological polar surface area (TPSA) is 81.9 Å². The lowest BCUT2D eigenvalue weighted by Gasteiger charge is -2.18. The fourth-order valence-electron chi connectivity index (χ4n) is 2.25. The smallest absolute Gasteiger partial charge is 0.435 e. The highest BCUT2D eigenvalue weighted by Gasteiger charge is 2.19. The quantitative estimate of drug-likeness (QED) is 0.656. The molecule has 0 atom stereocenters. The fraction of sp³-hybridized carbons (Fsp3) is 0.222. The molecule has 0 bridgehead atoms. The summed E-state index contributed by atoms with van der Waals surface area (Å²) in [6.45, 7) is 5.27. The Morgan fingerprint density at radius 1 is 1.30 bits per heavy atom. The van der Waals surface area contributed by atoms with Crippen LogP contribution < -0.4 is 5.32 Å². The van der Waals surface area contributed by atoms with Gasteiger partial charge in [0.1, 0.15) is 17.2 Å². The van der Waals surface area contributed by atoms with Crippen LogP contribution in [0.15, 0.2) is 42.9 Å². The highest BCUT2D eigenvalue weighted by molar-refractivity contribution is 6.28. The number of nitrogens with one attached hydrogen (secondary N) is 1. The SMILES string of the molecule is CC(C)(C)OC(=O)n1cc(-c2ccc(Nc3ccnc(Cl)n3)cc2F)cn1. The number of halogens is 2. The molecule has 0 radical (unpaired) electrons. The second kappa shape index (κ2) is 7.32. The van der Waals surface area contributed by atoms with E-state index in [9.17, 15) is 9.18 Å². The predicted molar refractivity (Wildman–Crippen MR) is 99.6 cm³/mol. The van der Waals surface area contributed by atoms with Crippen LogP contribution in [0.5, 0.6) is 0 Å². The first-order valence-electron chi connectivity index (χ1n) is 8.05. The summed E-state index contributed by atoms with van der Waals surface area (Å²) in [7, 11) is 0. The molecule has 0 saturated carbocycles. The fourth-order valence-corrected chi connectivity index (χ4v) is 2.40. The van der Waals surface area contributed by atoms with Crippen LogP contribution >= 0.6 is 11.6 Å². The Hall–Kier alpha value is -3.00. The summed E-state index contributed by atoms with van der Waals surface area (Å²) in [6, 6.07) is 6.19. The van der Waals surface area contributed by atoms with Gasteiger partial charge in [0.15, 0.2) is 0 Å². The summed E-state index contributed by atoms with van der Waals surface area (Å²) in [5.41, 5.74) is 0.600. The molecule has 140 valence electrons. The van der Waals surface area contributed by atoms with E-state index >= 15 is 0 Å². The molecule has 27 heavy (non-hydrogen) atoms. The minimum Gasteiger partial charge on any atom is -0.442 e. The van der Waals surface area contributed by atoms with Crippen molar-refractivity contribution in [3.8, 4) is 11.1 Å². The largest absolute Gasteiger partial charge is 0.442 e. The standard InChI is InChI=1S/C18H17ClFN5O2/c1-18(2,3)27-17(26)25-10-11(9-22-25)13-5-4-12(8-14(13)20)23-15-6-7-21-16(19)24-15/h4-10H,1-3H3,(H,21,23,24). The maximum absolute atomic E-state index is 14.5. The minimum atomic E-state index is -0.647. The molecule has 0 spiro atoms. The van der Waals surface area contributed by atoms with Gasteiger partial charge in [-0.3, -0.25) is 0 Å². The van der Waals surface area contributed by atoms with Gasteiger partial charge in [0.2, 0.25) is 5.28 Å². The molecule has 2 heterocycles. The number of nitrogens with zero attached hydrogens (tertiary/aromatic N) is 4. The van der Waals surface area contributed by atoms with Crippen LogP contribution in [-0.2, 0) is 4.74 Å². The van der Waals surface area contributed by atoms with E-state index in [0.29, 0.717) is 22.6 Å². The third kappa shape index (κ3) is 4.79.